The van der Waals surface area contributed by atoms with E-state index in [4.69, 9.17) is 0 Å². The molecule has 0 N–H and O–H groups in total. The van der Waals surface area contributed by atoms with Crippen LogP contribution in [0.4, 0.5) is 22.0 Å². The van der Waals surface area contributed by atoms with E-state index >= 15 is 0 Å². The first-order valence-electron chi connectivity index (χ1n) is 7.54. The van der Waals surface area contributed by atoms with Crippen LogP contribution in [0, 0.1) is 0 Å². The smallest absolute Gasteiger partial charge is 0.302 e. The number of rotatable bonds is 9. The molecular weight excluding hydrogens is 313 g/mol. The number of allylic oxidation sites excluding steroid dienone is 2. The molecule has 0 radical (unpaired) electrons. The van der Waals surface area contributed by atoms with Crippen molar-refractivity contribution in [2.75, 3.05) is 13.6 Å². The van der Waals surface area contributed by atoms with E-state index in [2.05, 4.69) is 4.90 Å². The fraction of sp³-hybridized carbons (Fsp3) is 0.529. The number of hydrogen-bond acceptors (Lipinski definition) is 1. The van der Waals surface area contributed by atoms with Crippen molar-refractivity contribution in [1.29, 1.82) is 0 Å². The van der Waals surface area contributed by atoms with Crippen LogP contribution in [0.1, 0.15) is 31.2 Å². The van der Waals surface area contributed by atoms with E-state index in [9.17, 15) is 22.0 Å². The summed E-state index contributed by atoms with van der Waals surface area (Å²) in [6, 6.07) is 9.98. The molecule has 0 aliphatic carbocycles. The third kappa shape index (κ3) is 7.59. The van der Waals surface area contributed by atoms with Crippen LogP contribution in [0.15, 0.2) is 42.5 Å². The van der Waals surface area contributed by atoms with Crippen molar-refractivity contribution in [3.8, 4) is 0 Å². The Hall–Kier alpha value is -1.43. The first-order valence-corrected chi connectivity index (χ1v) is 7.54. The number of benzene rings is 1. The summed E-state index contributed by atoms with van der Waals surface area (Å²) in [5.41, 5.74) is 1.21. The van der Waals surface area contributed by atoms with Crippen LogP contribution in [-0.2, 0) is 6.54 Å². The van der Waals surface area contributed by atoms with Crippen molar-refractivity contribution in [3.05, 3.63) is 48.0 Å². The van der Waals surface area contributed by atoms with E-state index in [-0.39, 0.29) is 6.42 Å². The summed E-state index contributed by atoms with van der Waals surface area (Å²) in [6.45, 7) is 1.65. The van der Waals surface area contributed by atoms with E-state index in [1.807, 2.05) is 37.4 Å². The molecule has 1 nitrogen and oxygen atoms in total. The lowest BCUT2D eigenvalue weighted by Gasteiger charge is -2.18. The molecular formula is C17H22F5N. The molecule has 0 aliphatic heterocycles. The second-order valence-electron chi connectivity index (χ2n) is 5.58. The van der Waals surface area contributed by atoms with Gasteiger partial charge in [-0.15, -0.1) is 0 Å². The highest BCUT2D eigenvalue weighted by Gasteiger charge is 2.56. The van der Waals surface area contributed by atoms with Gasteiger partial charge in [0.05, 0.1) is 0 Å². The average Bonchev–Trinajstić information content (AvgIpc) is 2.46. The fourth-order valence-electron chi connectivity index (χ4n) is 2.10. The van der Waals surface area contributed by atoms with Gasteiger partial charge in [0.1, 0.15) is 0 Å². The topological polar surface area (TPSA) is 3.24 Å². The predicted molar refractivity (Wildman–Crippen MR) is 81.4 cm³/mol. The summed E-state index contributed by atoms with van der Waals surface area (Å²) < 4.78 is 61.2. The quantitative estimate of drug-likeness (QED) is 0.330. The minimum Gasteiger partial charge on any atom is -0.302 e. The van der Waals surface area contributed by atoms with Gasteiger partial charge in [-0.25, -0.2) is 0 Å². The minimum absolute atomic E-state index is 0.271. The molecule has 0 saturated heterocycles. The van der Waals surface area contributed by atoms with Crippen molar-refractivity contribution < 1.29 is 22.0 Å². The zero-order valence-corrected chi connectivity index (χ0v) is 13.1. The van der Waals surface area contributed by atoms with Gasteiger partial charge in [-0.3, -0.25) is 0 Å². The Morgan fingerprint density at radius 2 is 1.57 bits per heavy atom. The van der Waals surface area contributed by atoms with Gasteiger partial charge in [0, 0.05) is 13.0 Å². The van der Waals surface area contributed by atoms with Crippen molar-refractivity contribution in [3.63, 3.8) is 0 Å². The molecule has 0 aromatic heterocycles. The summed E-state index contributed by atoms with van der Waals surface area (Å²) in [5.74, 6) is -4.60. The summed E-state index contributed by atoms with van der Waals surface area (Å²) in [6.07, 6.45) is -2.36. The van der Waals surface area contributed by atoms with Gasteiger partial charge in [0.2, 0.25) is 0 Å². The van der Waals surface area contributed by atoms with Gasteiger partial charge in [0.15, 0.2) is 0 Å². The molecule has 23 heavy (non-hydrogen) atoms. The summed E-state index contributed by atoms with van der Waals surface area (Å²) >= 11 is 0. The van der Waals surface area contributed by atoms with Gasteiger partial charge < -0.3 is 4.90 Å². The van der Waals surface area contributed by atoms with E-state index in [0.29, 0.717) is 6.42 Å². The largest absolute Gasteiger partial charge is 0.453 e. The van der Waals surface area contributed by atoms with Crippen LogP contribution >= 0.6 is 0 Å². The molecule has 1 aromatic carbocycles. The highest BCUT2D eigenvalue weighted by Crippen LogP contribution is 2.38. The molecule has 0 atom stereocenters. The van der Waals surface area contributed by atoms with Crippen LogP contribution in [0.5, 0.6) is 0 Å². The maximum Gasteiger partial charge on any atom is 0.453 e. The van der Waals surface area contributed by atoms with E-state index in [1.165, 1.54) is 11.6 Å². The molecule has 6 heteroatoms. The second kappa shape index (κ2) is 9.01. The normalized spacial score (nSPS) is 13.2. The Morgan fingerprint density at radius 3 is 2.17 bits per heavy atom. The molecule has 0 amide bonds. The first kappa shape index (κ1) is 19.6. The molecule has 130 valence electrons. The Balaban J connectivity index is 2.15. The Bertz CT molecular complexity index is 468. The van der Waals surface area contributed by atoms with Crippen molar-refractivity contribution in [2.45, 2.75) is 44.3 Å². The molecule has 0 unspecified atom stereocenters. The van der Waals surface area contributed by atoms with Gasteiger partial charge >= 0.3 is 12.1 Å². The standard InChI is InChI=1S/C17H22F5N/c1-23(14-15-10-6-5-7-11-15)13-9-4-2-3-8-12-16(18,19)17(20,21)22/h2-3,5-7,10-11H,4,8-9,12-14H2,1H3. The van der Waals surface area contributed by atoms with Gasteiger partial charge in [-0.2, -0.15) is 22.0 Å². The second-order valence-corrected chi connectivity index (χ2v) is 5.58. The SMILES string of the molecule is CN(CCCC=CCCC(F)(F)C(F)(F)F)Cc1ccccc1. The molecule has 0 spiro atoms. The Morgan fingerprint density at radius 1 is 0.957 bits per heavy atom. The number of alkyl halides is 5. The van der Waals surface area contributed by atoms with Gasteiger partial charge in [-0.05, 0) is 38.4 Å². The van der Waals surface area contributed by atoms with E-state index in [0.717, 1.165) is 19.5 Å². The third-order valence-corrected chi connectivity index (χ3v) is 3.41. The lowest BCUT2D eigenvalue weighted by atomic mass is 10.1. The van der Waals surface area contributed by atoms with Gasteiger partial charge in [-0.1, -0.05) is 42.5 Å². The number of halogens is 5. The lowest BCUT2D eigenvalue weighted by Crippen LogP contribution is -2.35. The number of nitrogens with zero attached hydrogens (tertiary/aromatic N) is 1. The highest BCUT2D eigenvalue weighted by molar-refractivity contribution is 5.14. The monoisotopic (exact) mass is 335 g/mol. The zero-order chi connectivity index (χ0) is 17.3. The Labute approximate surface area is 133 Å². The highest BCUT2D eigenvalue weighted by atomic mass is 19.4. The lowest BCUT2D eigenvalue weighted by molar-refractivity contribution is -0.283. The van der Waals surface area contributed by atoms with Crippen molar-refractivity contribution in [2.24, 2.45) is 0 Å². The summed E-state index contributed by atoms with van der Waals surface area (Å²) in [4.78, 5) is 2.14. The zero-order valence-electron chi connectivity index (χ0n) is 13.1. The molecule has 1 aromatic rings. The molecule has 1 rings (SSSR count). The van der Waals surface area contributed by atoms with Crippen LogP contribution in [0.3, 0.4) is 0 Å². The maximum absolute atomic E-state index is 12.7. The number of unbranched alkanes of at least 4 members (excludes halogenated alkanes) is 1. The van der Waals surface area contributed by atoms with Crippen LogP contribution in [0.2, 0.25) is 0 Å². The Kier molecular flexibility index (Phi) is 7.68. The molecule has 0 aliphatic rings. The molecule has 0 saturated carbocycles. The molecule has 0 heterocycles. The minimum atomic E-state index is -5.46. The summed E-state index contributed by atoms with van der Waals surface area (Å²) in [5, 5.41) is 0. The predicted octanol–water partition coefficient (Wildman–Crippen LogP) is 5.43. The van der Waals surface area contributed by atoms with E-state index in [1.54, 1.807) is 6.08 Å². The molecule has 0 bridgehead atoms. The van der Waals surface area contributed by atoms with Crippen LogP contribution < -0.4 is 0 Å². The van der Waals surface area contributed by atoms with E-state index < -0.39 is 18.5 Å². The molecule has 0 fully saturated rings. The fourth-order valence-corrected chi connectivity index (χ4v) is 2.10. The third-order valence-electron chi connectivity index (χ3n) is 3.41. The number of hydrogen-bond donors (Lipinski definition) is 0. The van der Waals surface area contributed by atoms with Crippen molar-refractivity contribution in [1.82, 2.24) is 4.90 Å². The average molecular weight is 335 g/mol. The summed E-state index contributed by atoms with van der Waals surface area (Å²) in [7, 11) is 1.99. The van der Waals surface area contributed by atoms with Crippen LogP contribution in [0.25, 0.3) is 0 Å². The van der Waals surface area contributed by atoms with Crippen LogP contribution in [-0.4, -0.2) is 30.6 Å². The van der Waals surface area contributed by atoms with Gasteiger partial charge in [0.25, 0.3) is 0 Å². The first-order chi connectivity index (χ1) is 10.7. The maximum atomic E-state index is 12.7. The van der Waals surface area contributed by atoms with Crippen molar-refractivity contribution >= 4 is 0 Å².